The predicted molar refractivity (Wildman–Crippen MR) is 110 cm³/mol. The lowest BCUT2D eigenvalue weighted by molar-refractivity contribution is -0.127. The maximum Gasteiger partial charge on any atom is 0.222 e. The lowest BCUT2D eigenvalue weighted by Gasteiger charge is -2.15. The standard InChI is InChI=1S/C20H29N7O3/c28-19(22-14-15-4-2-13-30-15)9-8-18-24-23-17-7-6-16(25-27(17)18)21-10-3-12-26-11-1-5-20(26)29/h6-7,15H,1-5,8-14H2,(H,21,25)(H,22,28)/t15-/m0/s1. The van der Waals surface area contributed by atoms with E-state index in [1.54, 1.807) is 4.52 Å². The number of rotatable bonds is 10. The minimum atomic E-state index is -0.0204. The number of amides is 2. The van der Waals surface area contributed by atoms with E-state index in [9.17, 15) is 9.59 Å². The van der Waals surface area contributed by atoms with Crippen molar-refractivity contribution in [3.8, 4) is 0 Å². The minimum Gasteiger partial charge on any atom is -0.376 e. The first kappa shape index (κ1) is 20.5. The summed E-state index contributed by atoms with van der Waals surface area (Å²) in [6, 6.07) is 3.72. The molecule has 10 heteroatoms. The van der Waals surface area contributed by atoms with Crippen LogP contribution in [0.25, 0.3) is 5.65 Å². The molecule has 2 fully saturated rings. The number of hydrogen-bond acceptors (Lipinski definition) is 7. The number of nitrogens with one attached hydrogen (secondary N) is 2. The molecule has 1 atom stereocenters. The van der Waals surface area contributed by atoms with Gasteiger partial charge in [0.15, 0.2) is 11.5 Å². The minimum absolute atomic E-state index is 0.0204. The molecule has 2 aromatic heterocycles. The van der Waals surface area contributed by atoms with Crippen molar-refractivity contribution in [2.45, 2.75) is 51.0 Å². The van der Waals surface area contributed by atoms with E-state index in [1.807, 2.05) is 17.0 Å². The maximum atomic E-state index is 12.1. The second-order valence-corrected chi connectivity index (χ2v) is 7.81. The quantitative estimate of drug-likeness (QED) is 0.551. The molecule has 0 saturated carbocycles. The lowest BCUT2D eigenvalue weighted by Crippen LogP contribution is -2.32. The Bertz CT molecular complexity index is 878. The Labute approximate surface area is 175 Å². The van der Waals surface area contributed by atoms with Crippen LogP contribution in [-0.2, 0) is 20.7 Å². The number of nitrogens with zero attached hydrogens (tertiary/aromatic N) is 5. The summed E-state index contributed by atoms with van der Waals surface area (Å²) >= 11 is 0. The number of anilines is 1. The molecule has 2 saturated heterocycles. The number of ether oxygens (including phenoxy) is 1. The van der Waals surface area contributed by atoms with Gasteiger partial charge in [0.05, 0.1) is 6.10 Å². The van der Waals surface area contributed by atoms with E-state index < -0.39 is 0 Å². The van der Waals surface area contributed by atoms with Gasteiger partial charge in [-0.1, -0.05) is 0 Å². The molecule has 4 rings (SSSR count). The monoisotopic (exact) mass is 415 g/mol. The summed E-state index contributed by atoms with van der Waals surface area (Å²) in [5.41, 5.74) is 0.651. The molecular weight excluding hydrogens is 386 g/mol. The summed E-state index contributed by atoms with van der Waals surface area (Å²) in [5, 5.41) is 19.1. The van der Waals surface area contributed by atoms with Crippen LogP contribution in [0.2, 0.25) is 0 Å². The Hall–Kier alpha value is -2.75. The second-order valence-electron chi connectivity index (χ2n) is 7.81. The van der Waals surface area contributed by atoms with Gasteiger partial charge in [-0.05, 0) is 37.8 Å². The molecule has 0 bridgehead atoms. The van der Waals surface area contributed by atoms with Crippen molar-refractivity contribution < 1.29 is 14.3 Å². The Morgan fingerprint density at radius 3 is 3.00 bits per heavy atom. The average Bonchev–Trinajstić information content (AvgIpc) is 3.50. The molecule has 2 amide bonds. The third kappa shape index (κ3) is 5.24. The zero-order valence-corrected chi connectivity index (χ0v) is 17.2. The van der Waals surface area contributed by atoms with Crippen LogP contribution in [0.4, 0.5) is 5.82 Å². The van der Waals surface area contributed by atoms with Crippen LogP contribution in [0, 0.1) is 0 Å². The van der Waals surface area contributed by atoms with Gasteiger partial charge < -0.3 is 20.3 Å². The fourth-order valence-corrected chi connectivity index (χ4v) is 3.86. The molecule has 0 aromatic carbocycles. The van der Waals surface area contributed by atoms with Crippen LogP contribution < -0.4 is 10.6 Å². The predicted octanol–water partition coefficient (Wildman–Crippen LogP) is 0.777. The summed E-state index contributed by atoms with van der Waals surface area (Å²) in [6.45, 7) is 3.71. The molecule has 0 radical (unpaired) electrons. The molecule has 2 aromatic rings. The van der Waals surface area contributed by atoms with Crippen LogP contribution in [0.3, 0.4) is 0 Å². The fourth-order valence-electron chi connectivity index (χ4n) is 3.86. The highest BCUT2D eigenvalue weighted by Gasteiger charge is 2.19. The van der Waals surface area contributed by atoms with Crippen LogP contribution >= 0.6 is 0 Å². The SMILES string of the molecule is O=C(CCc1nnc2ccc(NCCCN3CCCC3=O)nn12)NC[C@@H]1CCCO1. The van der Waals surface area contributed by atoms with Crippen LogP contribution in [-0.4, -0.2) is 75.4 Å². The van der Waals surface area contributed by atoms with Crippen LogP contribution in [0.5, 0.6) is 0 Å². The Kier molecular flexibility index (Phi) is 6.73. The highest BCUT2D eigenvalue weighted by Crippen LogP contribution is 2.12. The summed E-state index contributed by atoms with van der Waals surface area (Å²) < 4.78 is 7.20. The number of carbonyl (C=O) groups excluding carboxylic acids is 2. The highest BCUT2D eigenvalue weighted by molar-refractivity contribution is 5.78. The van der Waals surface area contributed by atoms with E-state index in [1.165, 1.54) is 0 Å². The molecule has 2 aliphatic heterocycles. The molecule has 4 heterocycles. The van der Waals surface area contributed by atoms with Gasteiger partial charge >= 0.3 is 0 Å². The first-order valence-electron chi connectivity index (χ1n) is 10.8. The Morgan fingerprint density at radius 1 is 1.27 bits per heavy atom. The van der Waals surface area contributed by atoms with Gasteiger partial charge in [0.25, 0.3) is 0 Å². The van der Waals surface area contributed by atoms with E-state index >= 15 is 0 Å². The number of carbonyl (C=O) groups is 2. The third-order valence-electron chi connectivity index (χ3n) is 5.54. The summed E-state index contributed by atoms with van der Waals surface area (Å²) in [5.74, 6) is 1.61. The molecule has 2 N–H and O–H groups in total. The van der Waals surface area contributed by atoms with Crippen molar-refractivity contribution in [3.05, 3.63) is 18.0 Å². The van der Waals surface area contributed by atoms with Crippen LogP contribution in [0.1, 0.15) is 44.3 Å². The molecule has 0 aliphatic carbocycles. The van der Waals surface area contributed by atoms with Gasteiger partial charge in [0.2, 0.25) is 11.8 Å². The zero-order chi connectivity index (χ0) is 20.8. The van der Waals surface area contributed by atoms with Crippen molar-refractivity contribution in [2.24, 2.45) is 0 Å². The van der Waals surface area contributed by atoms with Gasteiger partial charge in [0, 0.05) is 52.0 Å². The molecule has 2 aliphatic rings. The first-order chi connectivity index (χ1) is 14.7. The third-order valence-corrected chi connectivity index (χ3v) is 5.54. The van der Waals surface area contributed by atoms with Crippen molar-refractivity contribution in [3.63, 3.8) is 0 Å². The highest BCUT2D eigenvalue weighted by atomic mass is 16.5. The summed E-state index contributed by atoms with van der Waals surface area (Å²) in [6.07, 6.45) is 5.51. The zero-order valence-electron chi connectivity index (χ0n) is 17.2. The molecule has 30 heavy (non-hydrogen) atoms. The lowest BCUT2D eigenvalue weighted by atomic mass is 10.2. The second kappa shape index (κ2) is 9.84. The van der Waals surface area contributed by atoms with E-state index in [-0.39, 0.29) is 17.9 Å². The first-order valence-corrected chi connectivity index (χ1v) is 10.8. The van der Waals surface area contributed by atoms with Gasteiger partial charge in [-0.15, -0.1) is 15.3 Å². The Balaban J connectivity index is 1.24. The van der Waals surface area contributed by atoms with Gasteiger partial charge in [-0.2, -0.15) is 4.52 Å². The summed E-state index contributed by atoms with van der Waals surface area (Å²) in [7, 11) is 0. The molecule has 10 nitrogen and oxygen atoms in total. The van der Waals surface area contributed by atoms with Crippen molar-refractivity contribution in [1.82, 2.24) is 30.0 Å². The normalized spacial score (nSPS) is 19.0. The molecular formula is C20H29N7O3. The fraction of sp³-hybridized carbons (Fsp3) is 0.650. The van der Waals surface area contributed by atoms with Gasteiger partial charge in [0.1, 0.15) is 5.82 Å². The van der Waals surface area contributed by atoms with E-state index in [0.717, 1.165) is 57.7 Å². The van der Waals surface area contributed by atoms with E-state index in [0.29, 0.717) is 37.3 Å². The largest absolute Gasteiger partial charge is 0.376 e. The molecule has 0 unspecified atom stereocenters. The Morgan fingerprint density at radius 2 is 2.20 bits per heavy atom. The molecule has 162 valence electrons. The number of likely N-dealkylation sites (tertiary alicyclic amines) is 1. The van der Waals surface area contributed by atoms with E-state index in [4.69, 9.17) is 4.74 Å². The van der Waals surface area contributed by atoms with Gasteiger partial charge in [-0.3, -0.25) is 9.59 Å². The topological polar surface area (TPSA) is 114 Å². The van der Waals surface area contributed by atoms with Gasteiger partial charge in [-0.25, -0.2) is 0 Å². The number of aryl methyl sites for hydroxylation is 1. The van der Waals surface area contributed by atoms with Crippen molar-refractivity contribution >= 4 is 23.3 Å². The number of aromatic nitrogens is 4. The number of fused-ring (bicyclic) bond motifs is 1. The van der Waals surface area contributed by atoms with Crippen molar-refractivity contribution in [2.75, 3.05) is 38.1 Å². The summed E-state index contributed by atoms with van der Waals surface area (Å²) in [4.78, 5) is 25.7. The smallest absolute Gasteiger partial charge is 0.222 e. The average molecular weight is 415 g/mol. The van der Waals surface area contributed by atoms with Crippen molar-refractivity contribution in [1.29, 1.82) is 0 Å². The maximum absolute atomic E-state index is 12.1. The van der Waals surface area contributed by atoms with Crippen LogP contribution in [0.15, 0.2) is 12.1 Å². The molecule has 0 spiro atoms. The number of hydrogen-bond donors (Lipinski definition) is 2. The van der Waals surface area contributed by atoms with E-state index in [2.05, 4.69) is 25.9 Å².